The first-order chi connectivity index (χ1) is 9.67. The lowest BCUT2D eigenvalue weighted by Gasteiger charge is -2.15. The Morgan fingerprint density at radius 2 is 2.25 bits per heavy atom. The molecule has 4 nitrogen and oxygen atoms in total. The predicted molar refractivity (Wildman–Crippen MR) is 79.6 cm³/mol. The molecule has 0 radical (unpaired) electrons. The van der Waals surface area contributed by atoms with Crippen LogP contribution in [-0.2, 0) is 0 Å². The second-order valence-corrected chi connectivity index (χ2v) is 6.14. The van der Waals surface area contributed by atoms with Crippen LogP contribution in [0.3, 0.4) is 0 Å². The molecule has 1 fully saturated rings. The molecule has 1 aromatic heterocycles. The molecule has 0 spiro atoms. The number of nitrogens with one attached hydrogen (secondary N) is 1. The molecular weight excluding hydrogens is 322 g/mol. The summed E-state index contributed by atoms with van der Waals surface area (Å²) in [5, 5.41) is 12.9. The van der Waals surface area contributed by atoms with E-state index in [0.29, 0.717) is 23.7 Å². The number of hydrogen-bond acceptors (Lipinski definition) is 3. The van der Waals surface area contributed by atoms with E-state index in [0.717, 1.165) is 22.7 Å². The van der Waals surface area contributed by atoms with Crippen LogP contribution in [0.25, 0.3) is 11.0 Å². The van der Waals surface area contributed by atoms with E-state index in [4.69, 9.17) is 9.52 Å². The van der Waals surface area contributed by atoms with Crippen LogP contribution >= 0.6 is 15.9 Å². The summed E-state index contributed by atoms with van der Waals surface area (Å²) in [5.41, 5.74) is 0.698. The van der Waals surface area contributed by atoms with Crippen LogP contribution < -0.4 is 5.32 Å². The van der Waals surface area contributed by atoms with Crippen molar-refractivity contribution in [2.45, 2.75) is 25.3 Å². The monoisotopic (exact) mass is 337 g/mol. The lowest BCUT2D eigenvalue weighted by atomic mass is 10.1. The summed E-state index contributed by atoms with van der Waals surface area (Å²) in [4.78, 5) is 12.2. The van der Waals surface area contributed by atoms with Crippen molar-refractivity contribution in [2.75, 3.05) is 6.61 Å². The van der Waals surface area contributed by atoms with Gasteiger partial charge in [-0.1, -0.05) is 15.9 Å². The Labute approximate surface area is 125 Å². The summed E-state index contributed by atoms with van der Waals surface area (Å²) in [6, 6.07) is 7.43. The summed E-state index contributed by atoms with van der Waals surface area (Å²) >= 11 is 3.40. The molecular formula is C15H16BrNO3. The van der Waals surface area contributed by atoms with Gasteiger partial charge in [-0.05, 0) is 49.4 Å². The number of rotatable bonds is 5. The van der Waals surface area contributed by atoms with Gasteiger partial charge >= 0.3 is 0 Å². The van der Waals surface area contributed by atoms with E-state index in [1.54, 1.807) is 6.07 Å². The zero-order valence-corrected chi connectivity index (χ0v) is 12.5. The minimum atomic E-state index is -0.206. The Morgan fingerprint density at radius 1 is 1.45 bits per heavy atom. The number of fused-ring (bicyclic) bond motifs is 1. The van der Waals surface area contributed by atoms with Crippen molar-refractivity contribution in [1.29, 1.82) is 0 Å². The van der Waals surface area contributed by atoms with Crippen LogP contribution in [0.5, 0.6) is 0 Å². The van der Waals surface area contributed by atoms with Crippen molar-refractivity contribution in [2.24, 2.45) is 5.92 Å². The average molecular weight is 338 g/mol. The first-order valence-electron chi connectivity index (χ1n) is 6.78. The number of amides is 1. The number of furan rings is 1. The molecule has 3 rings (SSSR count). The first kappa shape index (κ1) is 13.6. The van der Waals surface area contributed by atoms with E-state index in [9.17, 15) is 4.79 Å². The van der Waals surface area contributed by atoms with Crippen molar-refractivity contribution < 1.29 is 14.3 Å². The van der Waals surface area contributed by atoms with Gasteiger partial charge in [0.15, 0.2) is 5.76 Å². The number of halogens is 1. The molecule has 1 atom stereocenters. The van der Waals surface area contributed by atoms with E-state index in [-0.39, 0.29) is 18.6 Å². The Bertz CT molecular complexity index is 633. The van der Waals surface area contributed by atoms with E-state index in [1.165, 1.54) is 0 Å². The minimum absolute atomic E-state index is 0.0486. The Balaban J connectivity index is 1.77. The zero-order chi connectivity index (χ0) is 14.1. The molecule has 1 aromatic carbocycles. The zero-order valence-electron chi connectivity index (χ0n) is 10.9. The van der Waals surface area contributed by atoms with Crippen molar-refractivity contribution in [1.82, 2.24) is 5.32 Å². The molecule has 1 aliphatic carbocycles. The molecule has 0 bridgehead atoms. The summed E-state index contributed by atoms with van der Waals surface area (Å²) in [7, 11) is 0. The fourth-order valence-electron chi connectivity index (χ4n) is 2.43. The third-order valence-corrected chi connectivity index (χ3v) is 4.14. The molecule has 1 unspecified atom stereocenters. The highest BCUT2D eigenvalue weighted by Crippen LogP contribution is 2.34. The molecule has 0 aliphatic heterocycles. The minimum Gasteiger partial charge on any atom is -0.451 e. The van der Waals surface area contributed by atoms with Crippen LogP contribution in [0.15, 0.2) is 33.2 Å². The fourth-order valence-corrected chi connectivity index (χ4v) is 2.81. The highest BCUT2D eigenvalue weighted by molar-refractivity contribution is 9.10. The van der Waals surface area contributed by atoms with Crippen LogP contribution in [-0.4, -0.2) is 23.7 Å². The normalized spacial score (nSPS) is 16.3. The average Bonchev–Trinajstić information content (AvgIpc) is 3.17. The Hall–Kier alpha value is -1.33. The van der Waals surface area contributed by atoms with E-state index < -0.39 is 0 Å². The summed E-state index contributed by atoms with van der Waals surface area (Å²) in [6.45, 7) is 0.0918. The molecule has 1 amide bonds. The maximum Gasteiger partial charge on any atom is 0.287 e. The van der Waals surface area contributed by atoms with Gasteiger partial charge < -0.3 is 14.8 Å². The van der Waals surface area contributed by atoms with Crippen molar-refractivity contribution in [3.8, 4) is 0 Å². The van der Waals surface area contributed by atoms with Crippen LogP contribution in [0, 0.1) is 5.92 Å². The fraction of sp³-hybridized carbons (Fsp3) is 0.400. The lowest BCUT2D eigenvalue weighted by Crippen LogP contribution is -2.36. The van der Waals surface area contributed by atoms with Crippen LogP contribution in [0.2, 0.25) is 0 Å². The largest absolute Gasteiger partial charge is 0.451 e. The van der Waals surface area contributed by atoms with Gasteiger partial charge in [-0.3, -0.25) is 4.79 Å². The van der Waals surface area contributed by atoms with Gasteiger partial charge in [-0.2, -0.15) is 0 Å². The number of benzene rings is 1. The van der Waals surface area contributed by atoms with Gasteiger partial charge in [0, 0.05) is 22.5 Å². The van der Waals surface area contributed by atoms with Gasteiger partial charge in [-0.25, -0.2) is 0 Å². The van der Waals surface area contributed by atoms with E-state index >= 15 is 0 Å². The Morgan fingerprint density at radius 3 is 2.95 bits per heavy atom. The second kappa shape index (κ2) is 5.58. The van der Waals surface area contributed by atoms with Crippen molar-refractivity contribution in [3.05, 3.63) is 34.5 Å². The maximum absolute atomic E-state index is 12.2. The van der Waals surface area contributed by atoms with Gasteiger partial charge in [0.05, 0.1) is 0 Å². The van der Waals surface area contributed by atoms with Crippen molar-refractivity contribution >= 4 is 32.8 Å². The molecule has 2 N–H and O–H groups in total. The predicted octanol–water partition coefficient (Wildman–Crippen LogP) is 3.09. The molecule has 1 saturated carbocycles. The number of carbonyl (C=O) groups excluding carboxylic acids is 1. The number of aliphatic hydroxyl groups excluding tert-OH is 1. The Kier molecular flexibility index (Phi) is 3.81. The SMILES string of the molecule is O=C(NC(CCO)C1CC1)c1cc2cc(Br)ccc2o1. The van der Waals surface area contributed by atoms with Crippen LogP contribution in [0.4, 0.5) is 0 Å². The lowest BCUT2D eigenvalue weighted by molar-refractivity contribution is 0.0898. The number of hydrogen-bond donors (Lipinski definition) is 2. The maximum atomic E-state index is 12.2. The molecule has 106 valence electrons. The van der Waals surface area contributed by atoms with E-state index in [2.05, 4.69) is 21.2 Å². The smallest absolute Gasteiger partial charge is 0.287 e. The molecule has 20 heavy (non-hydrogen) atoms. The highest BCUT2D eigenvalue weighted by atomic mass is 79.9. The molecule has 1 aliphatic rings. The first-order valence-corrected chi connectivity index (χ1v) is 7.57. The van der Waals surface area contributed by atoms with Crippen LogP contribution in [0.1, 0.15) is 29.8 Å². The van der Waals surface area contributed by atoms with Gasteiger partial charge in [-0.15, -0.1) is 0 Å². The molecule has 5 heteroatoms. The topological polar surface area (TPSA) is 62.5 Å². The highest BCUT2D eigenvalue weighted by Gasteiger charge is 2.32. The number of carbonyl (C=O) groups is 1. The third-order valence-electron chi connectivity index (χ3n) is 3.65. The summed E-state index contributed by atoms with van der Waals surface area (Å²) < 4.78 is 6.52. The quantitative estimate of drug-likeness (QED) is 0.881. The summed E-state index contributed by atoms with van der Waals surface area (Å²) in [6.07, 6.45) is 2.85. The molecule has 0 saturated heterocycles. The third kappa shape index (κ3) is 2.88. The second-order valence-electron chi connectivity index (χ2n) is 5.22. The van der Waals surface area contributed by atoms with Gasteiger partial charge in [0.2, 0.25) is 0 Å². The van der Waals surface area contributed by atoms with Crippen molar-refractivity contribution in [3.63, 3.8) is 0 Å². The molecule has 2 aromatic rings. The van der Waals surface area contributed by atoms with E-state index in [1.807, 2.05) is 18.2 Å². The number of aliphatic hydroxyl groups is 1. The van der Waals surface area contributed by atoms with Gasteiger partial charge in [0.25, 0.3) is 5.91 Å². The summed E-state index contributed by atoms with van der Waals surface area (Å²) in [5.74, 6) is 0.619. The standard InChI is InChI=1S/C15H16BrNO3/c16-11-3-4-13-10(7-11)8-14(20-13)15(19)17-12(5-6-18)9-1-2-9/h3-4,7-9,12,18H,1-2,5-6H2,(H,17,19). The molecule has 1 heterocycles. The van der Waals surface area contributed by atoms with Gasteiger partial charge in [0.1, 0.15) is 5.58 Å².